The lowest BCUT2D eigenvalue weighted by Crippen LogP contribution is -2.38. The molecular formula is C20H20N4O4. The zero-order valence-corrected chi connectivity index (χ0v) is 15.2. The first-order valence-corrected chi connectivity index (χ1v) is 9.10. The van der Waals surface area contributed by atoms with Gasteiger partial charge >= 0.3 is 12.0 Å². The van der Waals surface area contributed by atoms with Gasteiger partial charge in [0, 0.05) is 26.2 Å². The highest BCUT2D eigenvalue weighted by Gasteiger charge is 2.23. The Labute approximate surface area is 161 Å². The first-order chi connectivity index (χ1) is 13.6. The summed E-state index contributed by atoms with van der Waals surface area (Å²) in [7, 11) is 0. The number of para-hydroxylation sites is 3. The molecule has 0 atom stereocenters. The molecule has 1 fully saturated rings. The molecule has 0 unspecified atom stereocenters. The molecule has 144 valence electrons. The summed E-state index contributed by atoms with van der Waals surface area (Å²) in [4.78, 5) is 32.2. The van der Waals surface area contributed by atoms with Gasteiger partial charge in [-0.15, -0.1) is 0 Å². The fourth-order valence-corrected chi connectivity index (χ4v) is 3.28. The van der Waals surface area contributed by atoms with Crippen molar-refractivity contribution in [3.63, 3.8) is 0 Å². The second-order valence-corrected chi connectivity index (χ2v) is 6.57. The summed E-state index contributed by atoms with van der Waals surface area (Å²) in [6, 6.07) is 14.2. The van der Waals surface area contributed by atoms with Crippen molar-refractivity contribution in [1.29, 1.82) is 0 Å². The van der Waals surface area contributed by atoms with Crippen molar-refractivity contribution < 1.29 is 19.1 Å². The maximum Gasteiger partial charge on any atom is 0.337 e. The van der Waals surface area contributed by atoms with E-state index in [1.54, 1.807) is 23.1 Å². The van der Waals surface area contributed by atoms with Crippen LogP contribution < -0.4 is 10.2 Å². The van der Waals surface area contributed by atoms with Gasteiger partial charge in [0.2, 0.25) is 0 Å². The highest BCUT2D eigenvalue weighted by atomic mass is 16.4. The summed E-state index contributed by atoms with van der Waals surface area (Å²) in [5, 5.41) is 12.0. The second-order valence-electron chi connectivity index (χ2n) is 6.57. The Kier molecular flexibility index (Phi) is 4.84. The first-order valence-electron chi connectivity index (χ1n) is 9.10. The maximum atomic E-state index is 12.6. The molecule has 2 heterocycles. The van der Waals surface area contributed by atoms with Crippen LogP contribution >= 0.6 is 0 Å². The van der Waals surface area contributed by atoms with Crippen molar-refractivity contribution in [2.75, 3.05) is 36.4 Å². The number of urea groups is 1. The number of amides is 2. The van der Waals surface area contributed by atoms with Crippen LogP contribution in [0.4, 0.5) is 16.5 Å². The number of benzene rings is 2. The third-order valence-corrected chi connectivity index (χ3v) is 4.74. The van der Waals surface area contributed by atoms with Gasteiger partial charge in [-0.05, 0) is 30.7 Å². The van der Waals surface area contributed by atoms with Gasteiger partial charge in [-0.1, -0.05) is 24.3 Å². The van der Waals surface area contributed by atoms with E-state index in [1.165, 1.54) is 6.07 Å². The number of carbonyl (C=O) groups is 2. The molecule has 0 aliphatic carbocycles. The third kappa shape index (κ3) is 3.62. The molecule has 1 aliphatic rings. The minimum Gasteiger partial charge on any atom is -0.478 e. The molecule has 1 aliphatic heterocycles. The van der Waals surface area contributed by atoms with Crippen LogP contribution in [0.2, 0.25) is 0 Å². The molecule has 0 radical (unpaired) electrons. The average molecular weight is 380 g/mol. The van der Waals surface area contributed by atoms with Crippen LogP contribution in [0.1, 0.15) is 16.8 Å². The number of carboxylic acid groups (broad SMARTS) is 1. The SMILES string of the molecule is O=C(O)c1ccccc1NC(=O)N1CCCN(c2nc3ccccc3o2)CC1. The number of nitrogens with zero attached hydrogens (tertiary/aromatic N) is 3. The zero-order valence-electron chi connectivity index (χ0n) is 15.2. The van der Waals surface area contributed by atoms with Crippen LogP contribution in [-0.4, -0.2) is 53.2 Å². The predicted octanol–water partition coefficient (Wildman–Crippen LogP) is 3.27. The largest absolute Gasteiger partial charge is 0.478 e. The highest BCUT2D eigenvalue weighted by molar-refractivity contribution is 6.00. The number of fused-ring (bicyclic) bond motifs is 1. The quantitative estimate of drug-likeness (QED) is 0.724. The Morgan fingerprint density at radius 1 is 1.00 bits per heavy atom. The summed E-state index contributed by atoms with van der Waals surface area (Å²) >= 11 is 0. The van der Waals surface area contributed by atoms with Crippen molar-refractivity contribution in [3.8, 4) is 0 Å². The maximum absolute atomic E-state index is 12.6. The minimum atomic E-state index is -1.08. The van der Waals surface area contributed by atoms with E-state index in [0.717, 1.165) is 24.1 Å². The molecular weight excluding hydrogens is 360 g/mol. The van der Waals surface area contributed by atoms with Gasteiger partial charge < -0.3 is 24.6 Å². The van der Waals surface area contributed by atoms with Gasteiger partial charge in [-0.25, -0.2) is 9.59 Å². The van der Waals surface area contributed by atoms with Gasteiger partial charge in [0.15, 0.2) is 5.58 Å². The van der Waals surface area contributed by atoms with Crippen molar-refractivity contribution in [1.82, 2.24) is 9.88 Å². The van der Waals surface area contributed by atoms with Crippen LogP contribution in [0.5, 0.6) is 0 Å². The molecule has 2 N–H and O–H groups in total. The Bertz CT molecular complexity index is 983. The number of hydrogen-bond acceptors (Lipinski definition) is 5. The van der Waals surface area contributed by atoms with Gasteiger partial charge in [0.05, 0.1) is 11.3 Å². The molecule has 1 aromatic heterocycles. The first kappa shape index (κ1) is 17.8. The molecule has 0 spiro atoms. The fourth-order valence-electron chi connectivity index (χ4n) is 3.28. The topological polar surface area (TPSA) is 98.9 Å². The number of carboxylic acids is 1. The van der Waals surface area contributed by atoms with Gasteiger partial charge in [-0.3, -0.25) is 0 Å². The summed E-state index contributed by atoms with van der Waals surface area (Å²) in [5.41, 5.74) is 1.90. The van der Waals surface area contributed by atoms with Gasteiger partial charge in [0.1, 0.15) is 5.52 Å². The highest BCUT2D eigenvalue weighted by Crippen LogP contribution is 2.23. The minimum absolute atomic E-state index is 0.0683. The summed E-state index contributed by atoms with van der Waals surface area (Å²) < 4.78 is 5.83. The van der Waals surface area contributed by atoms with E-state index in [-0.39, 0.29) is 11.6 Å². The monoisotopic (exact) mass is 380 g/mol. The Morgan fingerprint density at radius 3 is 2.61 bits per heavy atom. The lowest BCUT2D eigenvalue weighted by atomic mass is 10.2. The summed E-state index contributed by atoms with van der Waals surface area (Å²) in [6.45, 7) is 2.36. The lowest BCUT2D eigenvalue weighted by molar-refractivity contribution is 0.0698. The van der Waals surface area contributed by atoms with Crippen LogP contribution in [0.3, 0.4) is 0 Å². The Balaban J connectivity index is 1.44. The third-order valence-electron chi connectivity index (χ3n) is 4.74. The number of aromatic nitrogens is 1. The molecule has 28 heavy (non-hydrogen) atoms. The van der Waals surface area contributed by atoms with Crippen molar-refractivity contribution in [3.05, 3.63) is 54.1 Å². The van der Waals surface area contributed by atoms with Crippen molar-refractivity contribution in [2.45, 2.75) is 6.42 Å². The van der Waals surface area contributed by atoms with E-state index in [0.29, 0.717) is 31.3 Å². The van der Waals surface area contributed by atoms with Crippen LogP contribution in [0.15, 0.2) is 52.9 Å². The molecule has 2 aromatic carbocycles. The van der Waals surface area contributed by atoms with Crippen molar-refractivity contribution >= 4 is 34.8 Å². The molecule has 3 aromatic rings. The predicted molar refractivity (Wildman–Crippen MR) is 105 cm³/mol. The Morgan fingerprint density at radius 2 is 1.79 bits per heavy atom. The number of anilines is 2. The number of oxazole rings is 1. The lowest BCUT2D eigenvalue weighted by Gasteiger charge is -2.22. The van der Waals surface area contributed by atoms with E-state index in [1.807, 2.05) is 29.2 Å². The number of hydrogen-bond donors (Lipinski definition) is 2. The van der Waals surface area contributed by atoms with E-state index in [2.05, 4.69) is 10.3 Å². The fraction of sp³-hybridized carbons (Fsp3) is 0.250. The molecule has 4 rings (SSSR count). The number of nitrogens with one attached hydrogen (secondary N) is 1. The number of rotatable bonds is 3. The van der Waals surface area contributed by atoms with E-state index in [9.17, 15) is 14.7 Å². The van der Waals surface area contributed by atoms with Crippen LogP contribution in [0, 0.1) is 0 Å². The normalized spacial score (nSPS) is 14.7. The van der Waals surface area contributed by atoms with Gasteiger partial charge in [0.25, 0.3) is 6.01 Å². The smallest absolute Gasteiger partial charge is 0.337 e. The molecule has 2 amide bonds. The van der Waals surface area contributed by atoms with Crippen molar-refractivity contribution in [2.24, 2.45) is 0 Å². The number of aromatic carboxylic acids is 1. The van der Waals surface area contributed by atoms with E-state index in [4.69, 9.17) is 4.42 Å². The number of carbonyl (C=O) groups excluding carboxylic acids is 1. The molecule has 0 saturated carbocycles. The van der Waals surface area contributed by atoms with Gasteiger partial charge in [-0.2, -0.15) is 4.98 Å². The van der Waals surface area contributed by atoms with Crippen LogP contribution in [-0.2, 0) is 0 Å². The molecule has 1 saturated heterocycles. The van der Waals surface area contributed by atoms with E-state index < -0.39 is 5.97 Å². The standard InChI is InChI=1S/C20H20N4O4/c25-18(26)14-6-1-2-7-15(14)21-19(27)23-10-5-11-24(13-12-23)20-22-16-8-3-4-9-17(16)28-20/h1-4,6-9H,5,10-13H2,(H,21,27)(H,25,26). The molecule has 0 bridgehead atoms. The molecule has 8 heteroatoms. The van der Waals surface area contributed by atoms with Crippen LogP contribution in [0.25, 0.3) is 11.1 Å². The molecule has 8 nitrogen and oxygen atoms in total. The average Bonchev–Trinajstić information content (AvgIpc) is 2.97. The van der Waals surface area contributed by atoms with E-state index >= 15 is 0 Å². The summed E-state index contributed by atoms with van der Waals surface area (Å²) in [5.74, 6) is -1.08. The zero-order chi connectivity index (χ0) is 19.5. The Hall–Kier alpha value is -3.55. The second kappa shape index (κ2) is 7.59. The summed E-state index contributed by atoms with van der Waals surface area (Å²) in [6.07, 6.45) is 0.757.